The Morgan fingerprint density at radius 2 is 1.71 bits per heavy atom. The molecule has 0 saturated carbocycles. The lowest BCUT2D eigenvalue weighted by atomic mass is 9.99. The molecule has 0 bridgehead atoms. The van der Waals surface area contributed by atoms with Crippen molar-refractivity contribution >= 4 is 17.6 Å². The largest absolute Gasteiger partial charge is 0.478 e. The maximum absolute atomic E-state index is 13.6. The highest BCUT2D eigenvalue weighted by Gasteiger charge is 2.67. The second-order valence-electron chi connectivity index (χ2n) is 4.99. The van der Waals surface area contributed by atoms with Crippen LogP contribution in [-0.2, 0) is 0 Å². The van der Waals surface area contributed by atoms with E-state index in [0.29, 0.717) is 0 Å². The molecule has 0 saturated heterocycles. The first-order chi connectivity index (χ1) is 10.7. The van der Waals surface area contributed by atoms with Crippen LogP contribution in [0.2, 0.25) is 0 Å². The minimum Gasteiger partial charge on any atom is -0.478 e. The van der Waals surface area contributed by atoms with Crippen LogP contribution in [0.25, 0.3) is 0 Å². The Balaban J connectivity index is 3.15. The zero-order chi connectivity index (χ0) is 18.9. The maximum Gasteiger partial charge on any atom is 0.428 e. The van der Waals surface area contributed by atoms with Crippen molar-refractivity contribution in [1.29, 1.82) is 0 Å². The second kappa shape index (κ2) is 6.21. The van der Waals surface area contributed by atoms with E-state index in [9.17, 15) is 35.9 Å². The number of carbonyl (C=O) groups is 2. The molecule has 0 aliphatic carbocycles. The van der Waals surface area contributed by atoms with E-state index in [-0.39, 0.29) is 6.92 Å². The van der Waals surface area contributed by atoms with E-state index in [1.807, 2.05) is 0 Å². The highest BCUT2D eigenvalue weighted by molar-refractivity contribution is 6.00. The summed E-state index contributed by atoms with van der Waals surface area (Å²) in [7, 11) is 0. The van der Waals surface area contributed by atoms with Gasteiger partial charge in [-0.05, 0) is 25.1 Å². The van der Waals surface area contributed by atoms with E-state index < -0.39 is 53.0 Å². The van der Waals surface area contributed by atoms with Crippen LogP contribution in [0.1, 0.15) is 27.6 Å². The number of benzene rings is 1. The smallest absolute Gasteiger partial charge is 0.428 e. The van der Waals surface area contributed by atoms with Gasteiger partial charge in [0.1, 0.15) is 0 Å². The zero-order valence-electron chi connectivity index (χ0n) is 12.0. The highest BCUT2D eigenvalue weighted by atomic mass is 19.4. The number of nitrogens with two attached hydrogens (primary N) is 1. The van der Waals surface area contributed by atoms with Crippen molar-refractivity contribution in [3.05, 3.63) is 29.3 Å². The Morgan fingerprint density at radius 3 is 2.12 bits per heavy atom. The van der Waals surface area contributed by atoms with Gasteiger partial charge in [0.05, 0.1) is 17.7 Å². The first kappa shape index (κ1) is 19.6. The predicted molar refractivity (Wildman–Crippen MR) is 70.9 cm³/mol. The third-order valence-electron chi connectivity index (χ3n) is 3.25. The van der Waals surface area contributed by atoms with Crippen LogP contribution in [0.3, 0.4) is 0 Å². The predicted octanol–water partition coefficient (Wildman–Crippen LogP) is 2.82. The summed E-state index contributed by atoms with van der Waals surface area (Å²) in [4.78, 5) is 22.0. The number of carboxylic acids is 1. The summed E-state index contributed by atoms with van der Waals surface area (Å²) in [6.07, 6.45) is -5.84. The Bertz CT molecular complexity index is 658. The fourth-order valence-electron chi connectivity index (χ4n) is 1.62. The molecule has 1 unspecified atom stereocenters. The summed E-state index contributed by atoms with van der Waals surface area (Å²) < 4.78 is 77.8. The molecular formula is C13H12F6N2O3. The van der Waals surface area contributed by atoms with Crippen LogP contribution >= 0.6 is 0 Å². The second-order valence-corrected chi connectivity index (χ2v) is 4.99. The van der Waals surface area contributed by atoms with Gasteiger partial charge in [-0.15, -0.1) is 0 Å². The number of primary amides is 1. The molecule has 1 amide bonds. The van der Waals surface area contributed by atoms with E-state index >= 15 is 0 Å². The molecule has 1 aromatic rings. The molecule has 0 aliphatic rings. The standard InChI is InChI=1S/C13H12F6N2O3/c1-11(14,13(17,18)19)12(15,16)5-21-8-4-6(10(23)24)2-3-7(8)9(20)22/h2-4,21H,5H2,1H3,(H2,20,22)(H,23,24). The van der Waals surface area contributed by atoms with Gasteiger partial charge >= 0.3 is 18.1 Å². The number of hydrogen-bond donors (Lipinski definition) is 3. The molecule has 5 nitrogen and oxygen atoms in total. The van der Waals surface area contributed by atoms with E-state index in [4.69, 9.17) is 10.8 Å². The molecule has 134 valence electrons. The third kappa shape index (κ3) is 3.71. The van der Waals surface area contributed by atoms with E-state index in [1.54, 1.807) is 5.32 Å². The number of halogens is 6. The summed E-state index contributed by atoms with van der Waals surface area (Å²) in [5.74, 6) is -7.53. The number of amides is 1. The summed E-state index contributed by atoms with van der Waals surface area (Å²) in [6.45, 7) is -2.17. The van der Waals surface area contributed by atoms with Gasteiger partial charge in [-0.25, -0.2) is 18.0 Å². The molecule has 1 rings (SSSR count). The Labute approximate surface area is 131 Å². The van der Waals surface area contributed by atoms with Crippen LogP contribution in [-0.4, -0.2) is 41.3 Å². The molecule has 11 heteroatoms. The van der Waals surface area contributed by atoms with Gasteiger partial charge in [-0.3, -0.25) is 4.79 Å². The van der Waals surface area contributed by atoms with Crippen molar-refractivity contribution in [3.8, 4) is 0 Å². The maximum atomic E-state index is 13.6. The third-order valence-corrected chi connectivity index (χ3v) is 3.25. The molecule has 4 N–H and O–H groups in total. The van der Waals surface area contributed by atoms with Crippen molar-refractivity contribution < 1.29 is 41.0 Å². The lowest BCUT2D eigenvalue weighted by Crippen LogP contribution is -2.56. The molecule has 0 aliphatic heterocycles. The van der Waals surface area contributed by atoms with Crippen LogP contribution < -0.4 is 11.1 Å². The fraction of sp³-hybridized carbons (Fsp3) is 0.385. The molecule has 1 aromatic carbocycles. The normalized spacial score (nSPS) is 14.8. The van der Waals surface area contributed by atoms with Gasteiger partial charge < -0.3 is 16.2 Å². The molecule has 0 aromatic heterocycles. The summed E-state index contributed by atoms with van der Waals surface area (Å²) in [5.41, 5.74) is -1.31. The van der Waals surface area contributed by atoms with Crippen molar-refractivity contribution in [3.63, 3.8) is 0 Å². The number of nitrogens with one attached hydrogen (secondary N) is 1. The van der Waals surface area contributed by atoms with Crippen LogP contribution in [0.4, 0.5) is 32.0 Å². The highest BCUT2D eigenvalue weighted by Crippen LogP contribution is 2.45. The number of carbonyl (C=O) groups excluding carboxylic acids is 1. The summed E-state index contributed by atoms with van der Waals surface area (Å²) >= 11 is 0. The van der Waals surface area contributed by atoms with Crippen molar-refractivity contribution in [1.82, 2.24) is 0 Å². The van der Waals surface area contributed by atoms with Gasteiger partial charge in [0.25, 0.3) is 11.6 Å². The molecule has 0 radical (unpaired) electrons. The first-order valence-electron chi connectivity index (χ1n) is 6.25. The van der Waals surface area contributed by atoms with Crippen LogP contribution in [0, 0.1) is 0 Å². The van der Waals surface area contributed by atoms with Crippen molar-refractivity contribution in [2.24, 2.45) is 5.73 Å². The average molecular weight is 358 g/mol. The first-order valence-corrected chi connectivity index (χ1v) is 6.25. The van der Waals surface area contributed by atoms with Crippen molar-refractivity contribution in [2.75, 3.05) is 11.9 Å². The van der Waals surface area contributed by atoms with E-state index in [1.165, 1.54) is 0 Å². The van der Waals surface area contributed by atoms with Gasteiger partial charge in [0.15, 0.2) is 0 Å². The zero-order valence-corrected chi connectivity index (χ0v) is 12.0. The molecule has 24 heavy (non-hydrogen) atoms. The van der Waals surface area contributed by atoms with Crippen LogP contribution in [0.5, 0.6) is 0 Å². The lowest BCUT2D eigenvalue weighted by molar-refractivity contribution is -0.290. The molecule has 0 fully saturated rings. The van der Waals surface area contributed by atoms with Crippen LogP contribution in [0.15, 0.2) is 18.2 Å². The monoisotopic (exact) mass is 358 g/mol. The lowest BCUT2D eigenvalue weighted by Gasteiger charge is -2.32. The van der Waals surface area contributed by atoms with Crippen molar-refractivity contribution in [2.45, 2.75) is 24.7 Å². The number of carboxylic acid groups (broad SMARTS) is 1. The minimum absolute atomic E-state index is 0.322. The average Bonchev–Trinajstić information content (AvgIpc) is 2.43. The molecule has 0 heterocycles. The SMILES string of the molecule is CC(F)(C(F)(F)F)C(F)(F)CNc1cc(C(=O)O)ccc1C(N)=O. The number of rotatable bonds is 6. The molecule has 0 spiro atoms. The van der Waals surface area contributed by atoms with E-state index in [2.05, 4.69) is 0 Å². The van der Waals surface area contributed by atoms with Gasteiger partial charge in [-0.1, -0.05) is 0 Å². The molecule has 1 atom stereocenters. The number of hydrogen-bond acceptors (Lipinski definition) is 3. The number of anilines is 1. The summed E-state index contributed by atoms with van der Waals surface area (Å²) in [6, 6.07) is 2.56. The number of alkyl halides is 6. The Morgan fingerprint density at radius 1 is 1.17 bits per heavy atom. The molecular weight excluding hydrogens is 346 g/mol. The van der Waals surface area contributed by atoms with Gasteiger partial charge in [0, 0.05) is 5.69 Å². The van der Waals surface area contributed by atoms with Gasteiger partial charge in [-0.2, -0.15) is 13.2 Å². The quantitative estimate of drug-likeness (QED) is 0.682. The topological polar surface area (TPSA) is 92.4 Å². The van der Waals surface area contributed by atoms with Gasteiger partial charge in [0.2, 0.25) is 0 Å². The van der Waals surface area contributed by atoms with E-state index in [0.717, 1.165) is 18.2 Å². The number of aromatic carboxylic acids is 1. The Kier molecular flexibility index (Phi) is 5.07. The summed E-state index contributed by atoms with van der Waals surface area (Å²) in [5, 5.41) is 10.6. The fourth-order valence-corrected chi connectivity index (χ4v) is 1.62. The minimum atomic E-state index is -5.84. The Hall–Kier alpha value is -2.46.